The van der Waals surface area contributed by atoms with Gasteiger partial charge in [0.2, 0.25) is 0 Å². The van der Waals surface area contributed by atoms with Crippen molar-refractivity contribution < 1.29 is 4.79 Å². The van der Waals surface area contributed by atoms with Crippen molar-refractivity contribution in [3.05, 3.63) is 38.7 Å². The lowest BCUT2D eigenvalue weighted by molar-refractivity contribution is 0.0707. The molecule has 4 rings (SSSR count). The summed E-state index contributed by atoms with van der Waals surface area (Å²) in [4.78, 5) is 26.4. The molecule has 0 unspecified atom stereocenters. The predicted molar refractivity (Wildman–Crippen MR) is 78.3 cm³/mol. The fraction of sp³-hybridized carbons (Fsp3) is 0.500. The number of rotatable bonds is 3. The van der Waals surface area contributed by atoms with Crippen LogP contribution < -0.4 is 5.69 Å². The maximum atomic E-state index is 12.4. The lowest BCUT2D eigenvalue weighted by atomic mass is 10.2. The van der Waals surface area contributed by atoms with Gasteiger partial charge in [0.05, 0.1) is 12.1 Å². The average Bonchev–Trinajstić information content (AvgIpc) is 3.04. The van der Waals surface area contributed by atoms with Gasteiger partial charge < -0.3 is 4.90 Å². The Hall–Kier alpha value is -1.89. The molecule has 6 nitrogen and oxygen atoms in total. The Morgan fingerprint density at radius 2 is 2.24 bits per heavy atom. The normalized spacial score (nSPS) is 17.8. The van der Waals surface area contributed by atoms with E-state index in [1.165, 1.54) is 24.2 Å². The van der Waals surface area contributed by atoms with E-state index in [4.69, 9.17) is 0 Å². The van der Waals surface area contributed by atoms with Gasteiger partial charge in [0.1, 0.15) is 0 Å². The largest absolute Gasteiger partial charge is 0.346 e. The second-order valence-corrected chi connectivity index (χ2v) is 6.49. The zero-order valence-electron chi connectivity index (χ0n) is 11.6. The zero-order valence-corrected chi connectivity index (χ0v) is 12.4. The lowest BCUT2D eigenvalue weighted by Crippen LogP contribution is -2.40. The van der Waals surface area contributed by atoms with Gasteiger partial charge in [0.25, 0.3) is 5.91 Å². The Bertz CT molecular complexity index is 727. The van der Waals surface area contributed by atoms with Crippen molar-refractivity contribution in [1.29, 1.82) is 0 Å². The van der Waals surface area contributed by atoms with Crippen molar-refractivity contribution >= 4 is 17.2 Å². The molecule has 0 atom stereocenters. The standard InChI is InChI=1S/C14H16N4O2S/c19-13(11-3-6-21-9-11)16-4-5-17-12(8-16)15-18(14(17)20)7-10-1-2-10/h3,6,9-10H,1-2,4-5,7-8H2. The smallest absolute Gasteiger partial charge is 0.329 e. The number of amides is 1. The van der Waals surface area contributed by atoms with Crippen molar-refractivity contribution in [3.63, 3.8) is 0 Å². The van der Waals surface area contributed by atoms with Gasteiger partial charge in [-0.3, -0.25) is 9.36 Å². The maximum Gasteiger partial charge on any atom is 0.346 e. The molecule has 1 aliphatic carbocycles. The number of hydrogen-bond acceptors (Lipinski definition) is 4. The minimum absolute atomic E-state index is 0.0201. The van der Waals surface area contributed by atoms with Gasteiger partial charge in [-0.25, -0.2) is 9.48 Å². The molecule has 3 heterocycles. The van der Waals surface area contributed by atoms with E-state index in [1.807, 2.05) is 16.8 Å². The topological polar surface area (TPSA) is 60.1 Å². The first kappa shape index (κ1) is 12.8. The molecule has 0 spiro atoms. The van der Waals surface area contributed by atoms with Crippen molar-refractivity contribution in [3.8, 4) is 0 Å². The summed E-state index contributed by atoms with van der Waals surface area (Å²) in [7, 11) is 0. The molecular weight excluding hydrogens is 288 g/mol. The summed E-state index contributed by atoms with van der Waals surface area (Å²) in [5.74, 6) is 1.34. The molecule has 0 N–H and O–H groups in total. The fourth-order valence-corrected chi connectivity index (χ4v) is 3.33. The Morgan fingerprint density at radius 1 is 1.38 bits per heavy atom. The van der Waals surface area contributed by atoms with E-state index in [-0.39, 0.29) is 11.6 Å². The van der Waals surface area contributed by atoms with Gasteiger partial charge in [-0.1, -0.05) is 0 Å². The Labute approximate surface area is 125 Å². The molecule has 1 amide bonds. The lowest BCUT2D eigenvalue weighted by Gasteiger charge is -2.26. The highest BCUT2D eigenvalue weighted by Gasteiger charge is 2.28. The van der Waals surface area contributed by atoms with Crippen molar-refractivity contribution in [1.82, 2.24) is 19.2 Å². The van der Waals surface area contributed by atoms with Crippen LogP contribution in [0.1, 0.15) is 29.0 Å². The van der Waals surface area contributed by atoms with Gasteiger partial charge in [-0.15, -0.1) is 0 Å². The first-order chi connectivity index (χ1) is 10.2. The molecule has 7 heteroatoms. The van der Waals surface area contributed by atoms with Crippen molar-refractivity contribution in [2.45, 2.75) is 32.5 Å². The molecule has 2 aliphatic rings. The summed E-state index contributed by atoms with van der Waals surface area (Å²) in [6.45, 7) is 2.24. The first-order valence-corrected chi connectivity index (χ1v) is 8.14. The second-order valence-electron chi connectivity index (χ2n) is 5.71. The third-order valence-electron chi connectivity index (χ3n) is 4.11. The molecule has 21 heavy (non-hydrogen) atoms. The number of nitrogens with zero attached hydrogens (tertiary/aromatic N) is 4. The van der Waals surface area contributed by atoms with Crippen LogP contribution in [0.15, 0.2) is 21.6 Å². The number of aromatic nitrogens is 3. The molecule has 1 fully saturated rings. The van der Waals surface area contributed by atoms with Gasteiger partial charge in [0.15, 0.2) is 5.82 Å². The third-order valence-corrected chi connectivity index (χ3v) is 4.79. The summed E-state index contributed by atoms with van der Waals surface area (Å²) < 4.78 is 3.28. The first-order valence-electron chi connectivity index (χ1n) is 7.20. The van der Waals surface area contributed by atoms with Gasteiger partial charge in [0, 0.05) is 25.0 Å². The minimum Gasteiger partial charge on any atom is -0.329 e. The van der Waals surface area contributed by atoms with E-state index in [2.05, 4.69) is 5.10 Å². The number of fused-ring (bicyclic) bond motifs is 1. The summed E-state index contributed by atoms with van der Waals surface area (Å²) >= 11 is 1.52. The molecule has 2 aromatic rings. The van der Waals surface area contributed by atoms with Crippen molar-refractivity contribution in [2.24, 2.45) is 5.92 Å². The van der Waals surface area contributed by atoms with E-state index >= 15 is 0 Å². The van der Waals surface area contributed by atoms with E-state index < -0.39 is 0 Å². The highest BCUT2D eigenvalue weighted by molar-refractivity contribution is 7.08. The van der Waals surface area contributed by atoms with Crippen LogP contribution >= 0.6 is 11.3 Å². The average molecular weight is 304 g/mol. The van der Waals surface area contributed by atoms with Gasteiger partial charge in [-0.2, -0.15) is 16.4 Å². The molecule has 2 aromatic heterocycles. The number of carbonyl (C=O) groups excluding carboxylic acids is 1. The Balaban J connectivity index is 1.57. The van der Waals surface area contributed by atoms with Gasteiger partial charge >= 0.3 is 5.69 Å². The second kappa shape index (κ2) is 4.84. The SMILES string of the molecule is O=C(c1ccsc1)N1CCn2c(nn(CC3CC3)c2=O)C1. The van der Waals surface area contributed by atoms with E-state index in [1.54, 1.807) is 14.1 Å². The molecule has 110 valence electrons. The van der Waals surface area contributed by atoms with Crippen LogP contribution in [0.25, 0.3) is 0 Å². The van der Waals surface area contributed by atoms with Crippen molar-refractivity contribution in [2.75, 3.05) is 6.54 Å². The molecule has 0 radical (unpaired) electrons. The molecule has 1 saturated carbocycles. The quantitative estimate of drug-likeness (QED) is 0.855. The van der Waals surface area contributed by atoms with Crippen LogP contribution in [-0.4, -0.2) is 31.7 Å². The summed E-state index contributed by atoms with van der Waals surface area (Å²) in [6.07, 6.45) is 2.38. The Morgan fingerprint density at radius 3 is 2.95 bits per heavy atom. The van der Waals surface area contributed by atoms with Crippen LogP contribution in [0, 0.1) is 5.92 Å². The van der Waals surface area contributed by atoms with E-state index in [0.29, 0.717) is 36.9 Å². The molecule has 0 aromatic carbocycles. The number of thiophene rings is 1. The molecule has 0 bridgehead atoms. The zero-order chi connectivity index (χ0) is 14.4. The van der Waals surface area contributed by atoms with Crippen LogP contribution in [0.3, 0.4) is 0 Å². The summed E-state index contributed by atoms with van der Waals surface area (Å²) in [5.41, 5.74) is 0.688. The van der Waals surface area contributed by atoms with Gasteiger partial charge in [-0.05, 0) is 30.2 Å². The monoisotopic (exact) mass is 304 g/mol. The third kappa shape index (κ3) is 2.31. The van der Waals surface area contributed by atoms with E-state index in [9.17, 15) is 9.59 Å². The van der Waals surface area contributed by atoms with Crippen LogP contribution in [0.4, 0.5) is 0 Å². The highest BCUT2D eigenvalue weighted by Crippen LogP contribution is 2.30. The maximum absolute atomic E-state index is 12.4. The number of carbonyl (C=O) groups is 1. The fourth-order valence-electron chi connectivity index (χ4n) is 2.70. The van der Waals surface area contributed by atoms with Crippen LogP contribution in [0.2, 0.25) is 0 Å². The van der Waals surface area contributed by atoms with Crippen LogP contribution in [0.5, 0.6) is 0 Å². The highest BCUT2D eigenvalue weighted by atomic mass is 32.1. The van der Waals surface area contributed by atoms with E-state index in [0.717, 1.165) is 6.54 Å². The number of hydrogen-bond donors (Lipinski definition) is 0. The molecule has 1 aliphatic heterocycles. The predicted octanol–water partition coefficient (Wildman–Crippen LogP) is 1.17. The Kier molecular flexibility index (Phi) is 2.95. The summed E-state index contributed by atoms with van der Waals surface area (Å²) in [6, 6.07) is 1.83. The minimum atomic E-state index is -0.0282. The summed E-state index contributed by atoms with van der Waals surface area (Å²) in [5, 5.41) is 8.18. The molecule has 0 saturated heterocycles. The van der Waals surface area contributed by atoms with Crippen LogP contribution in [-0.2, 0) is 19.6 Å². The molecular formula is C14H16N4O2S.